The van der Waals surface area contributed by atoms with E-state index in [-0.39, 0.29) is 38.3 Å². The normalized spacial score (nSPS) is 15.8. The third-order valence-electron chi connectivity index (χ3n) is 4.75. The fourth-order valence-corrected chi connectivity index (χ4v) is 3.16. The van der Waals surface area contributed by atoms with Crippen molar-refractivity contribution in [3.63, 3.8) is 0 Å². The number of hydrogen-bond acceptors (Lipinski definition) is 3. The van der Waals surface area contributed by atoms with E-state index in [1.165, 1.54) is 11.0 Å². The molecule has 0 radical (unpaired) electrons. The van der Waals surface area contributed by atoms with Gasteiger partial charge in [-0.15, -0.1) is 0 Å². The lowest BCUT2D eigenvalue weighted by Gasteiger charge is -2.28. The summed E-state index contributed by atoms with van der Waals surface area (Å²) < 4.78 is 92.0. The highest BCUT2D eigenvalue weighted by Crippen LogP contribution is 2.43. The lowest BCUT2D eigenvalue weighted by Crippen LogP contribution is -2.41. The molecular formula is C18H17F7N4O. The Morgan fingerprint density at radius 2 is 1.83 bits per heavy atom. The van der Waals surface area contributed by atoms with Crippen LogP contribution >= 0.6 is 0 Å². The monoisotopic (exact) mass is 438 g/mol. The second-order valence-corrected chi connectivity index (χ2v) is 7.04. The smallest absolute Gasteiger partial charge is 0.333 e. The number of carbonyl (C=O) groups excluding carboxylic acids is 1. The van der Waals surface area contributed by atoms with E-state index in [1.54, 1.807) is 0 Å². The predicted octanol–water partition coefficient (Wildman–Crippen LogP) is 3.12. The summed E-state index contributed by atoms with van der Waals surface area (Å²) in [5.41, 5.74) is 4.87. The summed E-state index contributed by atoms with van der Waals surface area (Å²) in [4.78, 5) is 17.1. The van der Waals surface area contributed by atoms with Gasteiger partial charge in [-0.25, -0.2) is 13.8 Å². The lowest BCUT2D eigenvalue weighted by atomic mass is 10.0. The Morgan fingerprint density at radius 1 is 1.13 bits per heavy atom. The number of alkyl halides is 5. The van der Waals surface area contributed by atoms with Gasteiger partial charge in [0.15, 0.2) is 11.6 Å². The topological polar surface area (TPSA) is 64.2 Å². The van der Waals surface area contributed by atoms with Crippen molar-refractivity contribution in [2.75, 3.05) is 6.54 Å². The molecule has 0 spiro atoms. The maximum absolute atomic E-state index is 13.5. The van der Waals surface area contributed by atoms with Gasteiger partial charge in [-0.2, -0.15) is 22.0 Å². The van der Waals surface area contributed by atoms with E-state index in [2.05, 4.69) is 4.98 Å². The fourth-order valence-electron chi connectivity index (χ4n) is 3.16. The fraction of sp³-hybridized carbons (Fsp3) is 0.444. The zero-order chi connectivity index (χ0) is 22.3. The van der Waals surface area contributed by atoms with Gasteiger partial charge in [-0.05, 0) is 24.1 Å². The van der Waals surface area contributed by atoms with Crippen molar-refractivity contribution < 1.29 is 35.5 Å². The maximum Gasteiger partial charge on any atom is 0.459 e. The van der Waals surface area contributed by atoms with Gasteiger partial charge in [0.25, 0.3) is 0 Å². The molecule has 1 aliphatic rings. The molecule has 0 saturated heterocycles. The van der Waals surface area contributed by atoms with Gasteiger partial charge in [0, 0.05) is 31.7 Å². The third kappa shape index (κ3) is 4.42. The molecule has 12 heteroatoms. The van der Waals surface area contributed by atoms with Gasteiger partial charge in [0.05, 0.1) is 6.54 Å². The summed E-state index contributed by atoms with van der Waals surface area (Å²) in [5, 5.41) is 0. The summed E-state index contributed by atoms with van der Waals surface area (Å²) in [6.07, 6.45) is -5.22. The van der Waals surface area contributed by atoms with E-state index in [9.17, 15) is 35.5 Å². The first kappa shape index (κ1) is 22.1. The number of halogens is 7. The average molecular weight is 438 g/mol. The minimum Gasteiger partial charge on any atom is -0.333 e. The van der Waals surface area contributed by atoms with Crippen molar-refractivity contribution in [1.29, 1.82) is 0 Å². The van der Waals surface area contributed by atoms with Gasteiger partial charge in [0.2, 0.25) is 5.91 Å². The number of amides is 1. The molecule has 1 aromatic heterocycles. The molecule has 1 atom stereocenters. The molecule has 5 nitrogen and oxygen atoms in total. The zero-order valence-electron chi connectivity index (χ0n) is 15.4. The van der Waals surface area contributed by atoms with E-state index in [0.29, 0.717) is 11.8 Å². The zero-order valence-corrected chi connectivity index (χ0v) is 15.4. The van der Waals surface area contributed by atoms with Crippen molar-refractivity contribution >= 4 is 5.91 Å². The van der Waals surface area contributed by atoms with Crippen LogP contribution in [-0.2, 0) is 30.2 Å². The van der Waals surface area contributed by atoms with Crippen LogP contribution in [0, 0.1) is 11.6 Å². The number of nitrogens with two attached hydrogens (primary N) is 1. The molecule has 2 N–H and O–H groups in total. The molecular weight excluding hydrogens is 421 g/mol. The second-order valence-electron chi connectivity index (χ2n) is 7.04. The molecule has 2 aromatic rings. The summed E-state index contributed by atoms with van der Waals surface area (Å²) in [6.45, 7) is -0.164. The van der Waals surface area contributed by atoms with E-state index in [1.807, 2.05) is 0 Å². The number of fused-ring (bicyclic) bond motifs is 1. The van der Waals surface area contributed by atoms with Crippen LogP contribution in [-0.4, -0.2) is 39.1 Å². The van der Waals surface area contributed by atoms with Crippen molar-refractivity contribution in [1.82, 2.24) is 14.5 Å². The molecule has 30 heavy (non-hydrogen) atoms. The SMILES string of the molecule is N[C@@H](CC(=O)N1CCn2cc(C(F)(F)C(F)(F)F)nc2C1)Cc1ccc(F)c(F)c1. The van der Waals surface area contributed by atoms with Crippen molar-refractivity contribution in [2.24, 2.45) is 5.73 Å². The Hall–Kier alpha value is -2.63. The Bertz CT molecular complexity index is 941. The van der Waals surface area contributed by atoms with E-state index < -0.39 is 41.4 Å². The van der Waals surface area contributed by atoms with Gasteiger partial charge in [-0.3, -0.25) is 4.79 Å². The van der Waals surface area contributed by atoms with Crippen LogP contribution in [0.5, 0.6) is 0 Å². The van der Waals surface area contributed by atoms with Gasteiger partial charge >= 0.3 is 12.1 Å². The third-order valence-corrected chi connectivity index (χ3v) is 4.75. The van der Waals surface area contributed by atoms with Crippen molar-refractivity contribution in [3.05, 3.63) is 53.1 Å². The van der Waals surface area contributed by atoms with Crippen LogP contribution in [0.15, 0.2) is 24.4 Å². The van der Waals surface area contributed by atoms with Crippen LogP contribution in [0.3, 0.4) is 0 Å². The minimum atomic E-state index is -5.78. The van der Waals surface area contributed by atoms with Crippen LogP contribution in [0.25, 0.3) is 0 Å². The van der Waals surface area contributed by atoms with Gasteiger partial charge in [-0.1, -0.05) is 6.07 Å². The second kappa shape index (κ2) is 7.89. The summed E-state index contributed by atoms with van der Waals surface area (Å²) >= 11 is 0. The predicted molar refractivity (Wildman–Crippen MR) is 90.2 cm³/mol. The Morgan fingerprint density at radius 3 is 2.47 bits per heavy atom. The number of carbonyl (C=O) groups is 1. The molecule has 164 valence electrons. The number of hydrogen-bond donors (Lipinski definition) is 1. The molecule has 1 aromatic carbocycles. The van der Waals surface area contributed by atoms with E-state index in [4.69, 9.17) is 5.73 Å². The maximum atomic E-state index is 13.5. The van der Waals surface area contributed by atoms with Crippen LogP contribution in [0.1, 0.15) is 23.5 Å². The number of imidazole rings is 1. The molecule has 3 rings (SSSR count). The first-order valence-electron chi connectivity index (χ1n) is 8.87. The quantitative estimate of drug-likeness (QED) is 0.730. The van der Waals surface area contributed by atoms with Crippen molar-refractivity contribution in [2.45, 2.75) is 44.1 Å². The highest BCUT2D eigenvalue weighted by molar-refractivity contribution is 5.76. The standard InChI is InChI=1S/C18H17F7N4O/c19-12-2-1-10(6-13(12)20)5-11(26)7-16(30)29-4-3-28-8-14(27-15(28)9-29)17(21,22)18(23,24)25/h1-2,6,8,11H,3-5,7,9,26H2/t11-/m1/s1. The number of benzene rings is 1. The van der Waals surface area contributed by atoms with Crippen LogP contribution < -0.4 is 5.73 Å². The molecule has 1 amide bonds. The Balaban J connectivity index is 1.63. The van der Waals surface area contributed by atoms with Gasteiger partial charge in [0.1, 0.15) is 11.5 Å². The van der Waals surface area contributed by atoms with Crippen LogP contribution in [0.2, 0.25) is 0 Å². The number of nitrogens with zero attached hydrogens (tertiary/aromatic N) is 3. The molecule has 1 aliphatic heterocycles. The van der Waals surface area contributed by atoms with Crippen molar-refractivity contribution in [3.8, 4) is 0 Å². The summed E-state index contributed by atoms with van der Waals surface area (Å²) in [7, 11) is 0. The largest absolute Gasteiger partial charge is 0.459 e. The first-order valence-corrected chi connectivity index (χ1v) is 8.87. The molecule has 0 unspecified atom stereocenters. The summed E-state index contributed by atoms with van der Waals surface area (Å²) in [5.74, 6) is -7.70. The highest BCUT2D eigenvalue weighted by atomic mass is 19.4. The van der Waals surface area contributed by atoms with E-state index >= 15 is 0 Å². The Kier molecular flexibility index (Phi) is 5.81. The first-order chi connectivity index (χ1) is 13.9. The van der Waals surface area contributed by atoms with Gasteiger partial charge < -0.3 is 15.2 Å². The molecule has 0 saturated carbocycles. The molecule has 0 aliphatic carbocycles. The number of rotatable bonds is 5. The molecule has 0 bridgehead atoms. The Labute approximate surface area is 166 Å². The van der Waals surface area contributed by atoms with E-state index in [0.717, 1.165) is 16.7 Å². The molecule has 2 heterocycles. The highest BCUT2D eigenvalue weighted by Gasteiger charge is 2.60. The lowest BCUT2D eigenvalue weighted by molar-refractivity contribution is -0.290. The molecule has 0 fully saturated rings. The number of aromatic nitrogens is 2. The minimum absolute atomic E-state index is 0.000419. The van der Waals surface area contributed by atoms with Crippen LogP contribution in [0.4, 0.5) is 30.7 Å². The summed E-state index contributed by atoms with van der Waals surface area (Å²) in [6, 6.07) is 2.52. The average Bonchev–Trinajstić information content (AvgIpc) is 3.07.